The van der Waals surface area contributed by atoms with Gasteiger partial charge < -0.3 is 4.90 Å². The first kappa shape index (κ1) is 14.5. The highest BCUT2D eigenvalue weighted by atomic mass is 35.5. The number of ketones is 1. The van der Waals surface area contributed by atoms with Gasteiger partial charge in [-0.25, -0.2) is 0 Å². The van der Waals surface area contributed by atoms with Crippen molar-refractivity contribution in [3.8, 4) is 0 Å². The molecule has 1 saturated heterocycles. The van der Waals surface area contributed by atoms with Gasteiger partial charge in [0.1, 0.15) is 0 Å². The maximum atomic E-state index is 12.2. The summed E-state index contributed by atoms with van der Waals surface area (Å²) in [5.74, 6) is 0.119. The van der Waals surface area contributed by atoms with Crippen molar-refractivity contribution in [1.29, 1.82) is 0 Å². The van der Waals surface area contributed by atoms with E-state index in [0.717, 1.165) is 25.9 Å². The first-order valence-electron chi connectivity index (χ1n) is 6.74. The molecule has 1 aliphatic heterocycles. The van der Waals surface area contributed by atoms with Crippen molar-refractivity contribution in [2.24, 2.45) is 0 Å². The number of halogens is 1. The first-order valence-corrected chi connectivity index (χ1v) is 7.12. The maximum Gasteiger partial charge on any atom is 0.178 e. The zero-order chi connectivity index (χ0) is 13.8. The molecular formula is C15H21ClN2O. The summed E-state index contributed by atoms with van der Waals surface area (Å²) in [5.41, 5.74) is 0.638. The van der Waals surface area contributed by atoms with Crippen LogP contribution in [0.1, 0.15) is 23.2 Å². The van der Waals surface area contributed by atoms with Crippen molar-refractivity contribution in [3.05, 3.63) is 34.9 Å². The number of hydrogen-bond acceptors (Lipinski definition) is 3. The lowest BCUT2D eigenvalue weighted by Crippen LogP contribution is -2.43. The van der Waals surface area contributed by atoms with Crippen molar-refractivity contribution in [3.63, 3.8) is 0 Å². The predicted octanol–water partition coefficient (Wildman–Crippen LogP) is 2.55. The lowest BCUT2D eigenvalue weighted by atomic mass is 10.0. The molecule has 3 nitrogen and oxygen atoms in total. The number of likely N-dealkylation sites (tertiary alicyclic amines) is 1. The molecule has 1 aromatic carbocycles. The van der Waals surface area contributed by atoms with E-state index in [1.165, 1.54) is 0 Å². The molecule has 1 heterocycles. The van der Waals surface area contributed by atoms with Crippen LogP contribution in [0.2, 0.25) is 5.02 Å². The molecule has 1 fully saturated rings. The summed E-state index contributed by atoms with van der Waals surface area (Å²) >= 11 is 6.06. The Morgan fingerprint density at radius 3 is 2.53 bits per heavy atom. The van der Waals surface area contributed by atoms with E-state index in [1.54, 1.807) is 12.1 Å². The van der Waals surface area contributed by atoms with Crippen LogP contribution < -0.4 is 0 Å². The molecule has 1 aliphatic rings. The maximum absolute atomic E-state index is 12.2. The number of piperidine rings is 1. The SMILES string of the molecule is CN(C)C1CCN(CC(=O)c2ccccc2Cl)CC1. The van der Waals surface area contributed by atoms with Crippen LogP contribution in [0, 0.1) is 0 Å². The number of nitrogens with zero attached hydrogens (tertiary/aromatic N) is 2. The summed E-state index contributed by atoms with van der Waals surface area (Å²) in [6.45, 7) is 2.45. The molecule has 0 N–H and O–H groups in total. The van der Waals surface area contributed by atoms with E-state index in [4.69, 9.17) is 11.6 Å². The van der Waals surface area contributed by atoms with Crippen LogP contribution in [-0.4, -0.2) is 55.4 Å². The van der Waals surface area contributed by atoms with Gasteiger partial charge in [-0.1, -0.05) is 23.7 Å². The minimum absolute atomic E-state index is 0.119. The fourth-order valence-electron chi connectivity index (χ4n) is 2.57. The molecule has 0 amide bonds. The second-order valence-corrected chi connectivity index (χ2v) is 5.78. The van der Waals surface area contributed by atoms with Gasteiger partial charge in [-0.2, -0.15) is 0 Å². The second-order valence-electron chi connectivity index (χ2n) is 5.37. The molecule has 104 valence electrons. The van der Waals surface area contributed by atoms with Gasteiger partial charge in [0, 0.05) is 24.7 Å². The Morgan fingerprint density at radius 1 is 1.32 bits per heavy atom. The zero-order valence-corrected chi connectivity index (χ0v) is 12.4. The molecule has 0 aliphatic carbocycles. The summed E-state index contributed by atoms with van der Waals surface area (Å²) < 4.78 is 0. The molecule has 0 spiro atoms. The number of benzene rings is 1. The summed E-state index contributed by atoms with van der Waals surface area (Å²) in [6, 6.07) is 7.93. The van der Waals surface area contributed by atoms with E-state index in [1.807, 2.05) is 12.1 Å². The van der Waals surface area contributed by atoms with Gasteiger partial charge in [0.25, 0.3) is 0 Å². The van der Waals surface area contributed by atoms with Gasteiger partial charge >= 0.3 is 0 Å². The monoisotopic (exact) mass is 280 g/mol. The molecule has 2 rings (SSSR count). The Kier molecular flexibility index (Phi) is 4.97. The van der Waals surface area contributed by atoms with Crippen LogP contribution in [0.4, 0.5) is 0 Å². The number of hydrogen-bond donors (Lipinski definition) is 0. The molecule has 0 unspecified atom stereocenters. The minimum Gasteiger partial charge on any atom is -0.306 e. The van der Waals surface area contributed by atoms with E-state index < -0.39 is 0 Å². The molecule has 0 bridgehead atoms. The van der Waals surface area contributed by atoms with Crippen molar-refractivity contribution in [1.82, 2.24) is 9.80 Å². The van der Waals surface area contributed by atoms with Crippen LogP contribution in [0.5, 0.6) is 0 Å². The van der Waals surface area contributed by atoms with Crippen LogP contribution >= 0.6 is 11.6 Å². The Bertz CT molecular complexity index is 440. The Labute approximate surface area is 120 Å². The Balaban J connectivity index is 1.89. The van der Waals surface area contributed by atoms with Gasteiger partial charge in [0.05, 0.1) is 11.6 Å². The lowest BCUT2D eigenvalue weighted by Gasteiger charge is -2.34. The van der Waals surface area contributed by atoms with E-state index in [9.17, 15) is 4.79 Å². The van der Waals surface area contributed by atoms with Crippen LogP contribution in [0.15, 0.2) is 24.3 Å². The van der Waals surface area contributed by atoms with Crippen LogP contribution in [0.3, 0.4) is 0 Å². The number of carbonyl (C=O) groups excluding carboxylic acids is 1. The van der Waals surface area contributed by atoms with Gasteiger partial charge in [-0.3, -0.25) is 9.69 Å². The molecule has 19 heavy (non-hydrogen) atoms. The van der Waals surface area contributed by atoms with Crippen molar-refractivity contribution >= 4 is 17.4 Å². The minimum atomic E-state index is 0.119. The van der Waals surface area contributed by atoms with E-state index in [-0.39, 0.29) is 5.78 Å². The quantitative estimate of drug-likeness (QED) is 0.792. The van der Waals surface area contributed by atoms with E-state index in [2.05, 4.69) is 23.9 Å². The largest absolute Gasteiger partial charge is 0.306 e. The Hall–Kier alpha value is -0.900. The average Bonchev–Trinajstić information content (AvgIpc) is 2.39. The summed E-state index contributed by atoms with van der Waals surface area (Å²) in [6.07, 6.45) is 2.26. The second kappa shape index (κ2) is 6.51. The predicted molar refractivity (Wildman–Crippen MR) is 78.9 cm³/mol. The van der Waals surface area contributed by atoms with E-state index >= 15 is 0 Å². The summed E-state index contributed by atoms with van der Waals surface area (Å²) in [5, 5.41) is 0.552. The van der Waals surface area contributed by atoms with Gasteiger partial charge in [0.2, 0.25) is 0 Å². The lowest BCUT2D eigenvalue weighted by molar-refractivity contribution is 0.0874. The fourth-order valence-corrected chi connectivity index (χ4v) is 2.81. The normalized spacial score (nSPS) is 17.9. The highest BCUT2D eigenvalue weighted by Crippen LogP contribution is 2.18. The van der Waals surface area contributed by atoms with Gasteiger partial charge in [-0.05, 0) is 39.1 Å². The van der Waals surface area contributed by atoms with E-state index in [0.29, 0.717) is 23.2 Å². The molecule has 0 atom stereocenters. The molecule has 0 aromatic heterocycles. The number of rotatable bonds is 4. The molecule has 0 saturated carbocycles. The van der Waals surface area contributed by atoms with Gasteiger partial charge in [0.15, 0.2) is 5.78 Å². The third kappa shape index (κ3) is 3.78. The molecule has 0 radical (unpaired) electrons. The number of carbonyl (C=O) groups is 1. The standard InChI is InChI=1S/C15H21ClN2O/c1-17(2)12-7-9-18(10-8-12)11-15(19)13-5-3-4-6-14(13)16/h3-6,12H,7-11H2,1-2H3. The first-order chi connectivity index (χ1) is 9.08. The smallest absolute Gasteiger partial charge is 0.178 e. The number of Topliss-reactive ketones (excluding diaryl/α,β-unsaturated/α-hetero) is 1. The molecule has 4 heteroatoms. The Morgan fingerprint density at radius 2 is 1.95 bits per heavy atom. The summed E-state index contributed by atoms with van der Waals surface area (Å²) in [4.78, 5) is 16.7. The average molecular weight is 281 g/mol. The van der Waals surface area contributed by atoms with Crippen molar-refractivity contribution in [2.75, 3.05) is 33.7 Å². The zero-order valence-electron chi connectivity index (χ0n) is 11.6. The topological polar surface area (TPSA) is 23.6 Å². The summed E-state index contributed by atoms with van der Waals surface area (Å²) in [7, 11) is 4.24. The highest BCUT2D eigenvalue weighted by molar-refractivity contribution is 6.34. The van der Waals surface area contributed by atoms with Crippen molar-refractivity contribution < 1.29 is 4.79 Å². The third-order valence-electron chi connectivity index (χ3n) is 3.83. The molecular weight excluding hydrogens is 260 g/mol. The van der Waals surface area contributed by atoms with Crippen molar-refractivity contribution in [2.45, 2.75) is 18.9 Å². The molecule has 1 aromatic rings. The van der Waals surface area contributed by atoms with Crippen LogP contribution in [0.25, 0.3) is 0 Å². The van der Waals surface area contributed by atoms with Crippen LogP contribution in [-0.2, 0) is 0 Å². The highest BCUT2D eigenvalue weighted by Gasteiger charge is 2.22. The fraction of sp³-hybridized carbons (Fsp3) is 0.533. The van der Waals surface area contributed by atoms with Gasteiger partial charge in [-0.15, -0.1) is 0 Å². The third-order valence-corrected chi connectivity index (χ3v) is 4.16.